The maximum atomic E-state index is 13.3. The molecule has 1 fully saturated rings. The average molecular weight is 496 g/mol. The lowest BCUT2D eigenvalue weighted by molar-refractivity contribution is -0.141. The van der Waals surface area contributed by atoms with Crippen LogP contribution in [0.5, 0.6) is 0 Å². The average Bonchev–Trinajstić information content (AvgIpc) is 2.79. The number of nitrogens with one attached hydrogen (secondary N) is 5. The van der Waals surface area contributed by atoms with E-state index in [1.807, 2.05) is 27.7 Å². The summed E-state index contributed by atoms with van der Waals surface area (Å²) < 4.78 is 0. The summed E-state index contributed by atoms with van der Waals surface area (Å²) in [5, 5.41) is 13.5. The molecule has 1 rings (SSSR count). The minimum Gasteiger partial charge on any atom is -0.357 e. The Bertz CT molecular complexity index is 780. The molecule has 5 N–H and O–H groups in total. The molecular formula is C25H45N5O5. The fourth-order valence-electron chi connectivity index (χ4n) is 4.38. The predicted octanol–water partition coefficient (Wildman–Crippen LogP) is 0.851. The van der Waals surface area contributed by atoms with Gasteiger partial charge in [0, 0.05) is 25.9 Å². The first-order chi connectivity index (χ1) is 16.2. The van der Waals surface area contributed by atoms with Crippen molar-refractivity contribution in [1.29, 1.82) is 0 Å². The topological polar surface area (TPSA) is 146 Å². The first kappa shape index (κ1) is 30.4. The number of hydrogen-bond acceptors (Lipinski definition) is 5. The molecule has 0 unspecified atom stereocenters. The van der Waals surface area contributed by atoms with E-state index in [0.29, 0.717) is 19.3 Å². The maximum Gasteiger partial charge on any atom is 0.245 e. The van der Waals surface area contributed by atoms with Crippen LogP contribution in [0.1, 0.15) is 73.6 Å². The molecule has 10 heteroatoms. The SMILES string of the molecule is CNC(=O)[C@H](CC(C)C)NC(=O)C(C)(C)NC(=O)[C@@H]1CCCC[C@@H]1C(=O)N[C@H](C(=O)NC)C(C)C. The lowest BCUT2D eigenvalue weighted by Gasteiger charge is -2.34. The van der Waals surface area contributed by atoms with Gasteiger partial charge in [-0.3, -0.25) is 24.0 Å². The number of hydrogen-bond donors (Lipinski definition) is 5. The summed E-state index contributed by atoms with van der Waals surface area (Å²) >= 11 is 0. The standard InChI is InChI=1S/C25H45N5O5/c1-14(2)13-18(22(33)26-7)28-24(35)25(5,6)30-21(32)17-12-10-9-11-16(17)20(31)29-19(15(3)4)23(34)27-8/h14-19H,9-13H2,1-8H3,(H,26,33)(H,27,34)(H,28,35)(H,29,31)(H,30,32)/t16-,17+,18-,19-/m0/s1. The summed E-state index contributed by atoms with van der Waals surface area (Å²) in [6.07, 6.45) is 3.11. The van der Waals surface area contributed by atoms with Gasteiger partial charge in [0.2, 0.25) is 29.5 Å². The van der Waals surface area contributed by atoms with Gasteiger partial charge in [-0.05, 0) is 44.9 Å². The lowest BCUT2D eigenvalue weighted by atomic mass is 9.77. The fourth-order valence-corrected chi connectivity index (χ4v) is 4.38. The minimum absolute atomic E-state index is 0.114. The Hall–Kier alpha value is -2.65. The van der Waals surface area contributed by atoms with Crippen LogP contribution in [0.2, 0.25) is 0 Å². The van der Waals surface area contributed by atoms with Gasteiger partial charge in [0.15, 0.2) is 0 Å². The fraction of sp³-hybridized carbons (Fsp3) is 0.800. The van der Waals surface area contributed by atoms with Crippen LogP contribution >= 0.6 is 0 Å². The highest BCUT2D eigenvalue weighted by Crippen LogP contribution is 2.31. The summed E-state index contributed by atoms with van der Waals surface area (Å²) in [5.41, 5.74) is -1.29. The molecule has 0 aromatic rings. The molecule has 0 heterocycles. The molecule has 0 saturated heterocycles. The molecule has 1 saturated carbocycles. The molecule has 200 valence electrons. The van der Waals surface area contributed by atoms with E-state index in [0.717, 1.165) is 12.8 Å². The van der Waals surface area contributed by atoms with Crippen LogP contribution < -0.4 is 26.6 Å². The highest BCUT2D eigenvalue weighted by atomic mass is 16.2. The second kappa shape index (κ2) is 13.4. The molecule has 5 amide bonds. The van der Waals surface area contributed by atoms with Crippen molar-refractivity contribution in [3.8, 4) is 0 Å². The Morgan fingerprint density at radius 1 is 0.800 bits per heavy atom. The molecule has 0 aliphatic heterocycles. The van der Waals surface area contributed by atoms with Crippen LogP contribution in [-0.4, -0.2) is 61.3 Å². The smallest absolute Gasteiger partial charge is 0.245 e. The molecule has 0 aromatic heterocycles. The van der Waals surface area contributed by atoms with Crippen molar-refractivity contribution in [3.63, 3.8) is 0 Å². The summed E-state index contributed by atoms with van der Waals surface area (Å²) in [4.78, 5) is 63.8. The minimum atomic E-state index is -1.29. The third kappa shape index (κ3) is 8.81. The number of carbonyl (C=O) groups is 5. The van der Waals surface area contributed by atoms with Crippen LogP contribution in [0.15, 0.2) is 0 Å². The van der Waals surface area contributed by atoms with Gasteiger partial charge in [-0.15, -0.1) is 0 Å². The maximum absolute atomic E-state index is 13.3. The zero-order valence-electron chi connectivity index (χ0n) is 22.5. The van der Waals surface area contributed by atoms with Gasteiger partial charge in [-0.2, -0.15) is 0 Å². The van der Waals surface area contributed by atoms with E-state index in [-0.39, 0.29) is 35.5 Å². The van der Waals surface area contributed by atoms with E-state index in [1.54, 1.807) is 13.8 Å². The molecule has 0 aromatic carbocycles. The van der Waals surface area contributed by atoms with Crippen molar-refractivity contribution in [2.24, 2.45) is 23.7 Å². The van der Waals surface area contributed by atoms with Gasteiger partial charge in [-0.1, -0.05) is 40.5 Å². The number of amides is 5. The number of rotatable bonds is 11. The first-order valence-corrected chi connectivity index (χ1v) is 12.6. The van der Waals surface area contributed by atoms with Crippen LogP contribution in [0.4, 0.5) is 0 Å². The molecule has 4 atom stereocenters. The molecule has 0 radical (unpaired) electrons. The van der Waals surface area contributed by atoms with Gasteiger partial charge >= 0.3 is 0 Å². The van der Waals surface area contributed by atoms with Crippen LogP contribution in [0, 0.1) is 23.7 Å². The Balaban J connectivity index is 2.95. The van der Waals surface area contributed by atoms with Crippen molar-refractivity contribution in [2.75, 3.05) is 14.1 Å². The number of likely N-dealkylation sites (N-methyl/N-ethyl adjacent to an activating group) is 2. The molecule has 0 bridgehead atoms. The van der Waals surface area contributed by atoms with Crippen LogP contribution in [0.25, 0.3) is 0 Å². The van der Waals surface area contributed by atoms with E-state index >= 15 is 0 Å². The second-order valence-electron chi connectivity index (χ2n) is 10.7. The zero-order chi connectivity index (χ0) is 26.9. The van der Waals surface area contributed by atoms with Crippen LogP contribution in [-0.2, 0) is 24.0 Å². The highest BCUT2D eigenvalue weighted by Gasteiger charge is 2.41. The van der Waals surface area contributed by atoms with Gasteiger partial charge in [0.25, 0.3) is 0 Å². The Morgan fingerprint density at radius 3 is 1.77 bits per heavy atom. The Kier molecular flexibility index (Phi) is 11.7. The summed E-state index contributed by atoms with van der Waals surface area (Å²) in [5.74, 6) is -2.90. The third-order valence-electron chi connectivity index (χ3n) is 6.51. The lowest BCUT2D eigenvalue weighted by Crippen LogP contribution is -2.60. The van der Waals surface area contributed by atoms with Crippen molar-refractivity contribution in [3.05, 3.63) is 0 Å². The molecule has 0 spiro atoms. The normalized spacial score (nSPS) is 19.9. The summed E-state index contributed by atoms with van der Waals surface area (Å²) in [7, 11) is 3.03. The van der Waals surface area contributed by atoms with E-state index in [2.05, 4.69) is 26.6 Å². The van der Waals surface area contributed by atoms with Crippen molar-refractivity contribution < 1.29 is 24.0 Å². The molecule has 1 aliphatic rings. The number of carbonyl (C=O) groups excluding carboxylic acids is 5. The predicted molar refractivity (Wildman–Crippen MR) is 134 cm³/mol. The summed E-state index contributed by atoms with van der Waals surface area (Å²) in [6.45, 7) is 10.8. The van der Waals surface area contributed by atoms with Crippen molar-refractivity contribution in [2.45, 2.75) is 91.3 Å². The molecule has 35 heavy (non-hydrogen) atoms. The third-order valence-corrected chi connectivity index (χ3v) is 6.51. The largest absolute Gasteiger partial charge is 0.357 e. The Labute approximate surface area is 209 Å². The zero-order valence-corrected chi connectivity index (χ0v) is 22.5. The van der Waals surface area contributed by atoms with E-state index < -0.39 is 35.4 Å². The first-order valence-electron chi connectivity index (χ1n) is 12.6. The highest BCUT2D eigenvalue weighted by molar-refractivity contribution is 5.96. The molecule has 1 aliphatic carbocycles. The van der Waals surface area contributed by atoms with Crippen molar-refractivity contribution >= 4 is 29.5 Å². The van der Waals surface area contributed by atoms with Gasteiger partial charge in [0.05, 0.1) is 0 Å². The molecular weight excluding hydrogens is 450 g/mol. The Morgan fingerprint density at radius 2 is 1.31 bits per heavy atom. The summed E-state index contributed by atoms with van der Waals surface area (Å²) in [6, 6.07) is -1.41. The second-order valence-corrected chi connectivity index (χ2v) is 10.7. The monoisotopic (exact) mass is 495 g/mol. The molecule has 10 nitrogen and oxygen atoms in total. The van der Waals surface area contributed by atoms with Gasteiger partial charge in [0.1, 0.15) is 17.6 Å². The van der Waals surface area contributed by atoms with Gasteiger partial charge in [-0.25, -0.2) is 0 Å². The van der Waals surface area contributed by atoms with Crippen LogP contribution in [0.3, 0.4) is 0 Å². The quantitative estimate of drug-likeness (QED) is 0.288. The van der Waals surface area contributed by atoms with E-state index in [4.69, 9.17) is 0 Å². The van der Waals surface area contributed by atoms with Crippen molar-refractivity contribution in [1.82, 2.24) is 26.6 Å². The van der Waals surface area contributed by atoms with E-state index in [1.165, 1.54) is 14.1 Å². The van der Waals surface area contributed by atoms with E-state index in [9.17, 15) is 24.0 Å². The van der Waals surface area contributed by atoms with Gasteiger partial charge < -0.3 is 26.6 Å².